The molecule has 0 aromatic carbocycles. The summed E-state index contributed by atoms with van der Waals surface area (Å²) in [6.07, 6.45) is 1.80. The maximum Gasteiger partial charge on any atom is 1.00 e. The summed E-state index contributed by atoms with van der Waals surface area (Å²) in [6, 6.07) is 0. The van der Waals surface area contributed by atoms with Gasteiger partial charge in [0.25, 0.3) is 0 Å². The predicted octanol–water partition coefficient (Wildman–Crippen LogP) is -1.91. The normalized spacial score (nSPS) is 7.43. The number of rotatable bonds is 1. The molecule has 0 atom stereocenters. The van der Waals surface area contributed by atoms with Crippen LogP contribution in [0.15, 0.2) is 5.10 Å². The van der Waals surface area contributed by atoms with Gasteiger partial charge < -0.3 is 11.8 Å². The molecule has 0 bridgehead atoms. The van der Waals surface area contributed by atoms with Crippen LogP contribution in [0.1, 0.15) is 0 Å². The van der Waals surface area contributed by atoms with Crippen LogP contribution < -0.4 is 51.4 Å². The Bertz CT molecular complexity index is 85.4. The van der Waals surface area contributed by atoms with Gasteiger partial charge in [0.05, 0.1) is 0 Å². The van der Waals surface area contributed by atoms with Gasteiger partial charge in [-0.05, 0) is 6.26 Å². The van der Waals surface area contributed by atoms with E-state index in [-0.39, 0.29) is 51.4 Å². The van der Waals surface area contributed by atoms with Crippen molar-refractivity contribution in [1.82, 2.24) is 0 Å². The van der Waals surface area contributed by atoms with Gasteiger partial charge in [-0.25, -0.2) is 5.55 Å². The monoisotopic (exact) mass is 138 g/mol. The first-order valence-electron chi connectivity index (χ1n) is 1.26. The third-order valence-corrected chi connectivity index (χ3v) is 0.446. The molecule has 0 aromatic rings. The molecular formula is C3H3KN2S. The maximum atomic E-state index is 6.09. The topological polar surface area (TPSA) is 16.7 Å². The van der Waals surface area contributed by atoms with Gasteiger partial charge in [0.1, 0.15) is 0 Å². The van der Waals surface area contributed by atoms with E-state index in [1.807, 2.05) is 0 Å². The summed E-state index contributed by atoms with van der Waals surface area (Å²) in [5.74, 6) is 0. The molecule has 0 rings (SSSR count). The van der Waals surface area contributed by atoms with Crippen LogP contribution in [0.5, 0.6) is 0 Å². The van der Waals surface area contributed by atoms with E-state index in [0.29, 0.717) is 0 Å². The Morgan fingerprint density at radius 1 is 1.86 bits per heavy atom. The van der Waals surface area contributed by atoms with Crippen molar-refractivity contribution in [3.63, 3.8) is 0 Å². The molecule has 0 radical (unpaired) electrons. The summed E-state index contributed by atoms with van der Waals surface area (Å²) in [7, 11) is 0. The SMILES string of the molecule is [C-]#[N+]N=[C-]SC.[K+]. The van der Waals surface area contributed by atoms with Crippen molar-refractivity contribution in [3.8, 4) is 0 Å². The summed E-state index contributed by atoms with van der Waals surface area (Å²) in [5, 5.41) is 3.09. The average molecular weight is 138 g/mol. The van der Waals surface area contributed by atoms with Gasteiger partial charge >= 0.3 is 51.4 Å². The molecule has 0 amide bonds. The number of hydrogen-bond acceptors (Lipinski definition) is 2. The summed E-state index contributed by atoms with van der Waals surface area (Å²) in [5.41, 5.74) is 2.39. The minimum absolute atomic E-state index is 0. The quantitative estimate of drug-likeness (QED) is 0.136. The zero-order valence-electron chi connectivity index (χ0n) is 4.30. The van der Waals surface area contributed by atoms with E-state index in [1.165, 1.54) is 11.8 Å². The molecular weight excluding hydrogens is 135 g/mol. The van der Waals surface area contributed by atoms with Crippen molar-refractivity contribution in [1.29, 1.82) is 0 Å². The van der Waals surface area contributed by atoms with Crippen molar-refractivity contribution in [2.24, 2.45) is 5.10 Å². The Morgan fingerprint density at radius 2 is 2.43 bits per heavy atom. The van der Waals surface area contributed by atoms with Gasteiger partial charge in [-0.2, -0.15) is 11.5 Å². The fourth-order valence-corrected chi connectivity index (χ4v) is 0.184. The van der Waals surface area contributed by atoms with Crippen LogP contribution in [-0.4, -0.2) is 11.8 Å². The van der Waals surface area contributed by atoms with Gasteiger partial charge in [0, 0.05) is 0 Å². The molecule has 4 heteroatoms. The van der Waals surface area contributed by atoms with Crippen LogP contribution in [0, 0.1) is 6.57 Å². The van der Waals surface area contributed by atoms with Crippen molar-refractivity contribution in [3.05, 3.63) is 11.5 Å². The molecule has 0 unspecified atom stereocenters. The van der Waals surface area contributed by atoms with Gasteiger partial charge in [0.2, 0.25) is 0 Å². The molecule has 0 aliphatic rings. The second kappa shape index (κ2) is 10.2. The minimum Gasteiger partial charge on any atom is -0.333 e. The largest absolute Gasteiger partial charge is 1.00 e. The van der Waals surface area contributed by atoms with E-state index in [2.05, 4.69) is 15.6 Å². The molecule has 0 saturated heterocycles. The third-order valence-electron chi connectivity index (χ3n) is 0.182. The molecule has 2 nitrogen and oxygen atoms in total. The average Bonchev–Trinajstić information content (AvgIpc) is 1.61. The number of thioether (sulfide) groups is 1. The van der Waals surface area contributed by atoms with Crippen LogP contribution in [0.25, 0.3) is 4.95 Å². The summed E-state index contributed by atoms with van der Waals surface area (Å²) in [4.78, 5) is 2.67. The Balaban J connectivity index is 0. The van der Waals surface area contributed by atoms with Crippen molar-refractivity contribution in [2.75, 3.05) is 6.26 Å². The van der Waals surface area contributed by atoms with Crippen molar-refractivity contribution < 1.29 is 51.4 Å². The van der Waals surface area contributed by atoms with Gasteiger partial charge in [0.15, 0.2) is 0 Å². The number of hydrogen-bond donors (Lipinski definition) is 0. The van der Waals surface area contributed by atoms with Crippen molar-refractivity contribution in [2.45, 2.75) is 0 Å². The maximum absolute atomic E-state index is 6.09. The van der Waals surface area contributed by atoms with E-state index in [0.717, 1.165) is 0 Å². The second-order valence-corrected chi connectivity index (χ2v) is 1.09. The van der Waals surface area contributed by atoms with Crippen LogP contribution >= 0.6 is 11.8 Å². The Kier molecular flexibility index (Phi) is 16.0. The summed E-state index contributed by atoms with van der Waals surface area (Å²) >= 11 is 1.30. The zero-order chi connectivity index (χ0) is 4.83. The first-order valence-corrected chi connectivity index (χ1v) is 2.48. The first-order chi connectivity index (χ1) is 2.91. The Hall–Kier alpha value is 1.15. The fraction of sp³-hybridized carbons (Fsp3) is 0.333. The van der Waals surface area contributed by atoms with E-state index in [9.17, 15) is 0 Å². The van der Waals surface area contributed by atoms with Crippen LogP contribution in [0.4, 0.5) is 0 Å². The molecule has 0 fully saturated rings. The Morgan fingerprint density at radius 3 is 2.57 bits per heavy atom. The molecule has 0 spiro atoms. The predicted molar refractivity (Wildman–Crippen MR) is 27.6 cm³/mol. The third kappa shape index (κ3) is 11.0. The van der Waals surface area contributed by atoms with E-state index in [1.54, 1.807) is 6.26 Å². The van der Waals surface area contributed by atoms with Gasteiger partial charge in [-0.1, -0.05) is 0 Å². The Labute approximate surface area is 90.0 Å². The molecule has 0 heterocycles. The summed E-state index contributed by atoms with van der Waals surface area (Å²) in [6.45, 7) is 6.09. The molecule has 0 aromatic heterocycles. The van der Waals surface area contributed by atoms with Gasteiger partial charge in [-0.15, -0.1) is 5.10 Å². The van der Waals surface area contributed by atoms with Crippen LogP contribution in [0.3, 0.4) is 0 Å². The van der Waals surface area contributed by atoms with E-state index in [4.69, 9.17) is 6.57 Å². The summed E-state index contributed by atoms with van der Waals surface area (Å²) < 4.78 is 0. The molecule has 0 aliphatic heterocycles. The molecule has 0 aliphatic carbocycles. The first kappa shape index (κ1) is 11.0. The second-order valence-electron chi connectivity index (χ2n) is 0.495. The van der Waals surface area contributed by atoms with E-state index < -0.39 is 0 Å². The molecule has 0 saturated carbocycles. The zero-order valence-corrected chi connectivity index (χ0v) is 8.24. The minimum atomic E-state index is 0. The molecule has 7 heavy (non-hydrogen) atoms. The molecule has 0 N–H and O–H groups in total. The number of nitrogens with zero attached hydrogens (tertiary/aromatic N) is 2. The van der Waals surface area contributed by atoms with Crippen LogP contribution in [0.2, 0.25) is 0 Å². The fourth-order valence-electron chi connectivity index (χ4n) is 0.0612. The standard InChI is InChI=1S/C3H3N2S.K/c1-4-5-3-6-2;/h2H3;/q-1;+1. The van der Waals surface area contributed by atoms with E-state index >= 15 is 0 Å². The van der Waals surface area contributed by atoms with Crippen LogP contribution in [-0.2, 0) is 0 Å². The smallest absolute Gasteiger partial charge is 0.333 e. The molecule has 32 valence electrons. The van der Waals surface area contributed by atoms with Crippen molar-refractivity contribution >= 4 is 17.3 Å². The van der Waals surface area contributed by atoms with Gasteiger partial charge in [-0.3, -0.25) is 0 Å².